The van der Waals surface area contributed by atoms with Crippen LogP contribution in [0.15, 0.2) is 47.7 Å². The number of thiazole rings is 1. The van der Waals surface area contributed by atoms with Gasteiger partial charge in [-0.2, -0.15) is 0 Å². The van der Waals surface area contributed by atoms with Gasteiger partial charge in [0, 0.05) is 37.6 Å². The highest BCUT2D eigenvalue weighted by Gasteiger charge is 2.08. The molecular formula is C21H24FN5OS. The van der Waals surface area contributed by atoms with E-state index in [0.29, 0.717) is 18.3 Å². The number of aliphatic imine (C=N–C) groups is 1. The van der Waals surface area contributed by atoms with Crippen LogP contribution in [0.3, 0.4) is 0 Å². The summed E-state index contributed by atoms with van der Waals surface area (Å²) in [4.78, 5) is 13.9. The van der Waals surface area contributed by atoms with Crippen molar-refractivity contribution in [3.63, 3.8) is 0 Å². The van der Waals surface area contributed by atoms with Gasteiger partial charge in [-0.05, 0) is 43.7 Å². The molecule has 0 aliphatic carbocycles. The van der Waals surface area contributed by atoms with Crippen LogP contribution in [-0.4, -0.2) is 29.5 Å². The van der Waals surface area contributed by atoms with Crippen molar-refractivity contribution in [1.82, 2.24) is 20.6 Å². The molecule has 8 heteroatoms. The molecule has 1 aromatic carbocycles. The van der Waals surface area contributed by atoms with Crippen LogP contribution in [0.5, 0.6) is 11.5 Å². The van der Waals surface area contributed by atoms with Crippen molar-refractivity contribution < 1.29 is 9.13 Å². The van der Waals surface area contributed by atoms with E-state index in [1.807, 2.05) is 13.0 Å². The van der Waals surface area contributed by atoms with Gasteiger partial charge in [0.2, 0.25) is 0 Å². The molecule has 0 aliphatic heterocycles. The van der Waals surface area contributed by atoms with Crippen molar-refractivity contribution in [2.75, 3.05) is 13.6 Å². The van der Waals surface area contributed by atoms with Crippen LogP contribution < -0.4 is 15.4 Å². The minimum absolute atomic E-state index is 0.165. The Kier molecular flexibility index (Phi) is 7.13. The molecule has 0 saturated carbocycles. The zero-order valence-electron chi connectivity index (χ0n) is 16.7. The summed E-state index contributed by atoms with van der Waals surface area (Å²) in [5.74, 6) is 0.891. The predicted molar refractivity (Wildman–Crippen MR) is 114 cm³/mol. The zero-order chi connectivity index (χ0) is 20.6. The molecule has 2 aromatic heterocycles. The highest BCUT2D eigenvalue weighted by Crippen LogP contribution is 2.24. The van der Waals surface area contributed by atoms with Crippen molar-refractivity contribution in [1.29, 1.82) is 0 Å². The number of rotatable bonds is 7. The Balaban J connectivity index is 1.49. The second kappa shape index (κ2) is 9.97. The topological polar surface area (TPSA) is 71.4 Å². The minimum Gasteiger partial charge on any atom is -0.453 e. The maximum Gasteiger partial charge on any atom is 0.191 e. The van der Waals surface area contributed by atoms with Crippen molar-refractivity contribution >= 4 is 17.3 Å². The van der Waals surface area contributed by atoms with Crippen molar-refractivity contribution in [2.45, 2.75) is 26.8 Å². The number of halogens is 1. The fraction of sp³-hybridized carbons (Fsp3) is 0.286. The smallest absolute Gasteiger partial charge is 0.191 e. The predicted octanol–water partition coefficient (Wildman–Crippen LogP) is 3.99. The number of guanidine groups is 1. The summed E-state index contributed by atoms with van der Waals surface area (Å²) >= 11 is 1.72. The highest BCUT2D eigenvalue weighted by atomic mass is 32.1. The molecule has 0 bridgehead atoms. The average molecular weight is 414 g/mol. The van der Waals surface area contributed by atoms with Gasteiger partial charge in [-0.15, -0.1) is 11.3 Å². The number of benzene rings is 1. The van der Waals surface area contributed by atoms with Crippen LogP contribution in [0.4, 0.5) is 4.39 Å². The normalized spacial score (nSPS) is 11.4. The van der Waals surface area contributed by atoms with E-state index in [0.717, 1.165) is 29.2 Å². The zero-order valence-corrected chi connectivity index (χ0v) is 17.5. The van der Waals surface area contributed by atoms with Crippen LogP contribution >= 0.6 is 11.3 Å². The van der Waals surface area contributed by atoms with Gasteiger partial charge in [-0.1, -0.05) is 6.07 Å². The molecule has 0 radical (unpaired) electrons. The third-order valence-electron chi connectivity index (χ3n) is 4.25. The lowest BCUT2D eigenvalue weighted by atomic mass is 10.2. The number of nitrogens with one attached hydrogen (secondary N) is 2. The Morgan fingerprint density at radius 1 is 1.24 bits per heavy atom. The Morgan fingerprint density at radius 3 is 2.76 bits per heavy atom. The quantitative estimate of drug-likeness (QED) is 0.453. The van der Waals surface area contributed by atoms with Gasteiger partial charge in [0.25, 0.3) is 0 Å². The fourth-order valence-electron chi connectivity index (χ4n) is 2.61. The van der Waals surface area contributed by atoms with Crippen LogP contribution in [0.2, 0.25) is 0 Å². The van der Waals surface area contributed by atoms with E-state index in [4.69, 9.17) is 4.74 Å². The Labute approximate surface area is 173 Å². The van der Waals surface area contributed by atoms with Crippen LogP contribution in [-0.2, 0) is 13.0 Å². The average Bonchev–Trinajstić information content (AvgIpc) is 3.04. The van der Waals surface area contributed by atoms with Gasteiger partial charge in [0.15, 0.2) is 17.5 Å². The monoisotopic (exact) mass is 413 g/mol. The number of ether oxygens (including phenoxy) is 1. The van der Waals surface area contributed by atoms with Gasteiger partial charge in [-0.25, -0.2) is 9.37 Å². The van der Waals surface area contributed by atoms with Crippen LogP contribution in [0.1, 0.15) is 21.1 Å². The van der Waals surface area contributed by atoms with Crippen LogP contribution in [0, 0.1) is 19.7 Å². The van der Waals surface area contributed by atoms with E-state index < -0.39 is 5.82 Å². The first-order chi connectivity index (χ1) is 14.0. The number of aromatic nitrogens is 2. The lowest BCUT2D eigenvalue weighted by Gasteiger charge is -2.12. The summed E-state index contributed by atoms with van der Waals surface area (Å²) in [6.45, 7) is 5.27. The molecule has 152 valence electrons. The molecule has 0 atom stereocenters. The van der Waals surface area contributed by atoms with E-state index in [-0.39, 0.29) is 5.75 Å². The molecule has 0 saturated heterocycles. The van der Waals surface area contributed by atoms with Gasteiger partial charge in [0.05, 0.1) is 16.9 Å². The fourth-order valence-corrected chi connectivity index (χ4v) is 3.55. The molecule has 3 rings (SSSR count). The maximum atomic E-state index is 14.3. The van der Waals surface area contributed by atoms with Gasteiger partial charge >= 0.3 is 0 Å². The molecule has 0 fully saturated rings. The summed E-state index contributed by atoms with van der Waals surface area (Å²) < 4.78 is 19.9. The van der Waals surface area contributed by atoms with Gasteiger partial charge < -0.3 is 15.4 Å². The minimum atomic E-state index is -0.425. The SMILES string of the molecule is CN=C(NCCc1nc(C)c(C)s1)NCc1ccc(Oc2cccnc2)c(F)c1. The molecule has 2 heterocycles. The van der Waals surface area contributed by atoms with Crippen LogP contribution in [0.25, 0.3) is 0 Å². The molecule has 0 aliphatic rings. The molecule has 29 heavy (non-hydrogen) atoms. The standard InChI is InChI=1S/C21H24FN5OS/c1-14-15(2)29-20(27-14)8-10-25-21(23-3)26-12-16-6-7-19(18(22)11-16)28-17-5-4-9-24-13-17/h4-7,9,11,13H,8,10,12H2,1-3H3,(H2,23,25,26). The lowest BCUT2D eigenvalue weighted by Crippen LogP contribution is -2.37. The van der Waals surface area contributed by atoms with E-state index in [2.05, 4.69) is 32.5 Å². The molecule has 0 spiro atoms. The third-order valence-corrected chi connectivity index (χ3v) is 5.38. The number of hydrogen-bond donors (Lipinski definition) is 2. The molecule has 3 aromatic rings. The first kappa shape index (κ1) is 20.7. The molecule has 0 unspecified atom stereocenters. The van der Waals surface area contributed by atoms with Gasteiger partial charge in [0.1, 0.15) is 5.75 Å². The van der Waals surface area contributed by atoms with E-state index in [1.165, 1.54) is 10.9 Å². The highest BCUT2D eigenvalue weighted by molar-refractivity contribution is 7.11. The maximum absolute atomic E-state index is 14.3. The summed E-state index contributed by atoms with van der Waals surface area (Å²) in [6, 6.07) is 8.35. The molecule has 6 nitrogen and oxygen atoms in total. The Hall–Kier alpha value is -3.00. The van der Waals surface area contributed by atoms with Crippen molar-refractivity contribution in [3.8, 4) is 11.5 Å². The van der Waals surface area contributed by atoms with Crippen molar-refractivity contribution in [2.24, 2.45) is 4.99 Å². The first-order valence-corrected chi connectivity index (χ1v) is 10.1. The Morgan fingerprint density at radius 2 is 2.10 bits per heavy atom. The largest absolute Gasteiger partial charge is 0.453 e. The van der Waals surface area contributed by atoms with Gasteiger partial charge in [-0.3, -0.25) is 9.98 Å². The second-order valence-electron chi connectivity index (χ2n) is 6.41. The number of nitrogens with zero attached hydrogens (tertiary/aromatic N) is 3. The molecular weight excluding hydrogens is 389 g/mol. The summed E-state index contributed by atoms with van der Waals surface area (Å²) in [6.07, 6.45) is 4.01. The first-order valence-electron chi connectivity index (χ1n) is 9.29. The summed E-state index contributed by atoms with van der Waals surface area (Å²) in [7, 11) is 1.71. The summed E-state index contributed by atoms with van der Waals surface area (Å²) in [5.41, 5.74) is 1.88. The van der Waals surface area contributed by atoms with E-state index in [9.17, 15) is 4.39 Å². The van der Waals surface area contributed by atoms with E-state index in [1.54, 1.807) is 49.0 Å². The number of hydrogen-bond acceptors (Lipinski definition) is 5. The third kappa shape index (κ3) is 5.99. The van der Waals surface area contributed by atoms with E-state index >= 15 is 0 Å². The Bertz CT molecular complexity index is 955. The lowest BCUT2D eigenvalue weighted by molar-refractivity contribution is 0.440. The molecule has 0 amide bonds. The summed E-state index contributed by atoms with van der Waals surface area (Å²) in [5, 5.41) is 7.55. The molecule has 2 N–H and O–H groups in total. The number of aryl methyl sites for hydroxylation is 2. The second-order valence-corrected chi connectivity index (χ2v) is 7.70. The number of pyridine rings is 1. The van der Waals surface area contributed by atoms with Crippen molar-refractivity contribution in [3.05, 3.63) is 69.7 Å².